The molecule has 1 aromatic rings. The van der Waals surface area contributed by atoms with Crippen molar-refractivity contribution in [3.8, 4) is 6.07 Å². The van der Waals surface area contributed by atoms with E-state index >= 15 is 0 Å². The smallest absolute Gasteiger partial charge is 0.0701 e. The molecule has 0 N–H and O–H groups in total. The summed E-state index contributed by atoms with van der Waals surface area (Å²) < 4.78 is 1.17. The van der Waals surface area contributed by atoms with Crippen LogP contribution >= 0.6 is 27.3 Å². The summed E-state index contributed by atoms with van der Waals surface area (Å²) in [6.07, 6.45) is 1.61. The van der Waals surface area contributed by atoms with Gasteiger partial charge in [0, 0.05) is 11.3 Å². The predicted molar refractivity (Wildman–Crippen MR) is 55.3 cm³/mol. The summed E-state index contributed by atoms with van der Waals surface area (Å²) in [6.45, 7) is 2.16. The molecule has 1 atom stereocenters. The third-order valence-corrected chi connectivity index (χ3v) is 3.62. The Bertz CT molecular complexity index is 287. The second kappa shape index (κ2) is 4.64. The van der Waals surface area contributed by atoms with Gasteiger partial charge in [0.2, 0.25) is 0 Å². The fourth-order valence-electron chi connectivity index (χ4n) is 1.02. The highest BCUT2D eigenvalue weighted by molar-refractivity contribution is 9.11. The first-order valence-corrected chi connectivity index (χ1v) is 5.47. The highest BCUT2D eigenvalue weighted by Crippen LogP contribution is 2.30. The largest absolute Gasteiger partial charge is 0.198 e. The molecule has 64 valence electrons. The van der Waals surface area contributed by atoms with Crippen LogP contribution in [0.4, 0.5) is 0 Å². The van der Waals surface area contributed by atoms with Crippen LogP contribution in [0.1, 0.15) is 30.6 Å². The summed E-state index contributed by atoms with van der Waals surface area (Å²) in [6, 6.07) is 6.35. The maximum atomic E-state index is 8.41. The second-order valence-electron chi connectivity index (χ2n) is 2.74. The zero-order valence-corrected chi connectivity index (χ0v) is 9.28. The van der Waals surface area contributed by atoms with Gasteiger partial charge in [0.25, 0.3) is 0 Å². The van der Waals surface area contributed by atoms with Crippen molar-refractivity contribution in [1.82, 2.24) is 0 Å². The van der Waals surface area contributed by atoms with E-state index in [1.54, 1.807) is 11.3 Å². The van der Waals surface area contributed by atoms with Crippen LogP contribution in [0.15, 0.2) is 15.9 Å². The normalized spacial score (nSPS) is 12.4. The lowest BCUT2D eigenvalue weighted by Crippen LogP contribution is -1.88. The van der Waals surface area contributed by atoms with Crippen LogP contribution in [0.3, 0.4) is 0 Å². The molecule has 0 amide bonds. The number of hydrogen-bond donors (Lipinski definition) is 0. The topological polar surface area (TPSA) is 23.8 Å². The minimum Gasteiger partial charge on any atom is -0.198 e. The quantitative estimate of drug-likeness (QED) is 0.790. The SMILES string of the molecule is CC(CCC#N)c1ccc(Br)s1. The summed E-state index contributed by atoms with van der Waals surface area (Å²) in [5, 5.41) is 8.41. The van der Waals surface area contributed by atoms with Gasteiger partial charge < -0.3 is 0 Å². The molecule has 0 spiro atoms. The van der Waals surface area contributed by atoms with Crippen molar-refractivity contribution in [3.63, 3.8) is 0 Å². The molecule has 1 heterocycles. The minimum absolute atomic E-state index is 0.515. The van der Waals surface area contributed by atoms with Crippen molar-refractivity contribution in [3.05, 3.63) is 20.8 Å². The Labute approximate surface area is 85.2 Å². The number of nitriles is 1. The van der Waals surface area contributed by atoms with Gasteiger partial charge in [-0.3, -0.25) is 0 Å². The zero-order valence-electron chi connectivity index (χ0n) is 6.88. The first kappa shape index (κ1) is 9.76. The fraction of sp³-hybridized carbons (Fsp3) is 0.444. The van der Waals surface area contributed by atoms with Gasteiger partial charge in [0.15, 0.2) is 0 Å². The van der Waals surface area contributed by atoms with E-state index in [4.69, 9.17) is 5.26 Å². The molecule has 0 aliphatic heterocycles. The van der Waals surface area contributed by atoms with Crippen LogP contribution in [0.5, 0.6) is 0 Å². The highest BCUT2D eigenvalue weighted by atomic mass is 79.9. The molecule has 0 aliphatic rings. The van der Waals surface area contributed by atoms with E-state index in [-0.39, 0.29) is 0 Å². The Morgan fingerprint density at radius 1 is 1.67 bits per heavy atom. The lowest BCUT2D eigenvalue weighted by Gasteiger charge is -2.04. The molecule has 0 radical (unpaired) electrons. The molecule has 1 rings (SSSR count). The average molecular weight is 244 g/mol. The van der Waals surface area contributed by atoms with E-state index in [9.17, 15) is 0 Å². The molecule has 0 aliphatic carbocycles. The van der Waals surface area contributed by atoms with Gasteiger partial charge in [-0.15, -0.1) is 11.3 Å². The molecule has 0 saturated carbocycles. The molecule has 1 aromatic heterocycles. The van der Waals surface area contributed by atoms with Crippen LogP contribution in [-0.2, 0) is 0 Å². The van der Waals surface area contributed by atoms with Gasteiger partial charge in [-0.25, -0.2) is 0 Å². The molecule has 12 heavy (non-hydrogen) atoms. The van der Waals surface area contributed by atoms with Crippen LogP contribution in [0, 0.1) is 11.3 Å². The van der Waals surface area contributed by atoms with Crippen molar-refractivity contribution in [2.45, 2.75) is 25.7 Å². The number of halogens is 1. The van der Waals surface area contributed by atoms with E-state index in [2.05, 4.69) is 41.1 Å². The highest BCUT2D eigenvalue weighted by Gasteiger charge is 2.06. The van der Waals surface area contributed by atoms with Crippen molar-refractivity contribution in [2.24, 2.45) is 0 Å². The number of nitrogens with zero attached hydrogens (tertiary/aromatic N) is 1. The molecular formula is C9H10BrNS. The first-order valence-electron chi connectivity index (χ1n) is 3.86. The fourth-order valence-corrected chi connectivity index (χ4v) is 2.53. The molecule has 1 nitrogen and oxygen atoms in total. The van der Waals surface area contributed by atoms with Crippen molar-refractivity contribution >= 4 is 27.3 Å². The van der Waals surface area contributed by atoms with Gasteiger partial charge in [-0.05, 0) is 40.4 Å². The monoisotopic (exact) mass is 243 g/mol. The summed E-state index contributed by atoms with van der Waals surface area (Å²) in [5.41, 5.74) is 0. The summed E-state index contributed by atoms with van der Waals surface area (Å²) in [7, 11) is 0. The van der Waals surface area contributed by atoms with Crippen LogP contribution < -0.4 is 0 Å². The number of rotatable bonds is 3. The Hall–Kier alpha value is -0.330. The van der Waals surface area contributed by atoms with Gasteiger partial charge in [0.1, 0.15) is 0 Å². The van der Waals surface area contributed by atoms with Gasteiger partial charge in [-0.1, -0.05) is 6.92 Å². The van der Waals surface area contributed by atoms with Crippen molar-refractivity contribution in [1.29, 1.82) is 5.26 Å². The standard InChI is InChI=1S/C9H10BrNS/c1-7(3-2-6-11)8-4-5-9(10)12-8/h4-5,7H,2-3H2,1H3. The predicted octanol–water partition coefficient (Wildman–Crippen LogP) is 3.92. The van der Waals surface area contributed by atoms with Crippen LogP contribution in [-0.4, -0.2) is 0 Å². The maximum Gasteiger partial charge on any atom is 0.0701 e. The van der Waals surface area contributed by atoms with E-state index in [0.29, 0.717) is 12.3 Å². The lowest BCUT2D eigenvalue weighted by molar-refractivity contribution is 0.707. The minimum atomic E-state index is 0.515. The number of hydrogen-bond acceptors (Lipinski definition) is 2. The molecule has 0 saturated heterocycles. The molecule has 0 aromatic carbocycles. The second-order valence-corrected chi connectivity index (χ2v) is 5.23. The molecule has 1 unspecified atom stereocenters. The first-order chi connectivity index (χ1) is 5.74. The van der Waals surface area contributed by atoms with Crippen molar-refractivity contribution in [2.75, 3.05) is 0 Å². The van der Waals surface area contributed by atoms with E-state index in [1.165, 1.54) is 8.66 Å². The van der Waals surface area contributed by atoms with Crippen LogP contribution in [0.2, 0.25) is 0 Å². The average Bonchev–Trinajstić information content (AvgIpc) is 2.47. The summed E-state index contributed by atoms with van der Waals surface area (Å²) >= 11 is 5.18. The number of thiophene rings is 1. The van der Waals surface area contributed by atoms with E-state index in [1.807, 2.05) is 0 Å². The molecule has 0 bridgehead atoms. The molecule has 3 heteroatoms. The van der Waals surface area contributed by atoms with Gasteiger partial charge >= 0.3 is 0 Å². The lowest BCUT2D eigenvalue weighted by atomic mass is 10.0. The molecular weight excluding hydrogens is 234 g/mol. The van der Waals surface area contributed by atoms with Gasteiger partial charge in [-0.2, -0.15) is 5.26 Å². The Morgan fingerprint density at radius 2 is 2.42 bits per heavy atom. The van der Waals surface area contributed by atoms with E-state index < -0.39 is 0 Å². The third-order valence-electron chi connectivity index (χ3n) is 1.77. The van der Waals surface area contributed by atoms with Crippen molar-refractivity contribution < 1.29 is 0 Å². The Balaban J connectivity index is 2.54. The molecule has 0 fully saturated rings. The van der Waals surface area contributed by atoms with Crippen LogP contribution in [0.25, 0.3) is 0 Å². The third kappa shape index (κ3) is 2.62. The van der Waals surface area contributed by atoms with Gasteiger partial charge in [0.05, 0.1) is 9.86 Å². The summed E-state index contributed by atoms with van der Waals surface area (Å²) in [5.74, 6) is 0.515. The van der Waals surface area contributed by atoms with E-state index in [0.717, 1.165) is 6.42 Å². The Kier molecular flexibility index (Phi) is 3.77. The maximum absolute atomic E-state index is 8.41. The Morgan fingerprint density at radius 3 is 2.92 bits per heavy atom. The summed E-state index contributed by atoms with van der Waals surface area (Å²) in [4.78, 5) is 1.36. The zero-order chi connectivity index (χ0) is 8.97.